The minimum absolute atomic E-state index is 0.0304. The molecule has 1 N–H and O–H groups in total. The van der Waals surface area contributed by atoms with Crippen molar-refractivity contribution in [1.82, 2.24) is 0 Å². The first kappa shape index (κ1) is 15.3. The molecule has 0 spiro atoms. The van der Waals surface area contributed by atoms with Gasteiger partial charge in [0.15, 0.2) is 0 Å². The molecule has 0 fully saturated rings. The van der Waals surface area contributed by atoms with E-state index in [-0.39, 0.29) is 21.6 Å². The second kappa shape index (κ2) is 6.15. The van der Waals surface area contributed by atoms with Crippen LogP contribution < -0.4 is 9.50 Å². The lowest BCUT2D eigenvalue weighted by Gasteiger charge is -2.09. The normalized spacial score (nSPS) is 11.0. The first-order chi connectivity index (χ1) is 9.88. The maximum Gasteiger partial charge on any atom is 0.340 e. The van der Waals surface area contributed by atoms with Gasteiger partial charge in [-0.3, -0.25) is 4.79 Å². The van der Waals surface area contributed by atoms with E-state index in [0.717, 1.165) is 0 Å². The van der Waals surface area contributed by atoms with Crippen molar-refractivity contribution in [2.45, 2.75) is 11.8 Å². The Morgan fingerprint density at radius 2 is 1.81 bits per heavy atom. The zero-order valence-corrected chi connectivity index (χ0v) is 12.6. The van der Waals surface area contributed by atoms with Crippen LogP contribution in [0, 0.1) is 0 Å². The van der Waals surface area contributed by atoms with Gasteiger partial charge in [-0.2, -0.15) is 8.42 Å². The molecule has 0 aliphatic rings. The van der Waals surface area contributed by atoms with E-state index >= 15 is 0 Å². The number of hydrogen-bond acceptors (Lipinski definition) is 4. The Balaban J connectivity index is 2.30. The van der Waals surface area contributed by atoms with Crippen LogP contribution in [0.3, 0.4) is 0 Å². The van der Waals surface area contributed by atoms with Crippen molar-refractivity contribution in [2.75, 3.05) is 5.32 Å². The quantitative estimate of drug-likeness (QED) is 0.877. The highest BCUT2D eigenvalue weighted by molar-refractivity contribution is 7.87. The van der Waals surface area contributed by atoms with Gasteiger partial charge < -0.3 is 9.50 Å². The van der Waals surface area contributed by atoms with Gasteiger partial charge in [0.1, 0.15) is 10.6 Å². The summed E-state index contributed by atoms with van der Waals surface area (Å²) in [5.41, 5.74) is 0.408. The van der Waals surface area contributed by atoms with Crippen molar-refractivity contribution in [3.8, 4) is 5.75 Å². The molecule has 7 heteroatoms. The van der Waals surface area contributed by atoms with Crippen molar-refractivity contribution in [2.24, 2.45) is 0 Å². The zero-order valence-electron chi connectivity index (χ0n) is 11.0. The lowest BCUT2D eigenvalue weighted by atomic mass is 10.3. The Bertz CT molecular complexity index is 760. The Morgan fingerprint density at radius 1 is 1.14 bits per heavy atom. The Labute approximate surface area is 127 Å². The second-order valence-corrected chi connectivity index (χ2v) is 6.10. The first-order valence-electron chi connectivity index (χ1n) is 5.95. The van der Waals surface area contributed by atoms with Crippen LogP contribution in [0.1, 0.15) is 6.92 Å². The third kappa shape index (κ3) is 3.96. The molecule has 0 aliphatic heterocycles. The Morgan fingerprint density at radius 3 is 2.38 bits per heavy atom. The van der Waals surface area contributed by atoms with Gasteiger partial charge in [0, 0.05) is 12.6 Å². The van der Waals surface area contributed by atoms with Crippen molar-refractivity contribution >= 4 is 33.3 Å². The number of anilines is 1. The van der Waals surface area contributed by atoms with E-state index in [9.17, 15) is 13.2 Å². The molecule has 0 aromatic heterocycles. The van der Waals surface area contributed by atoms with Crippen LogP contribution in [0.5, 0.6) is 5.75 Å². The summed E-state index contributed by atoms with van der Waals surface area (Å²) in [4.78, 5) is 10.8. The summed E-state index contributed by atoms with van der Waals surface area (Å²) in [6.45, 7) is 1.34. The molecule has 0 bridgehead atoms. The van der Waals surface area contributed by atoms with Crippen molar-refractivity contribution in [3.05, 3.63) is 53.6 Å². The summed E-state index contributed by atoms with van der Waals surface area (Å²) in [6.07, 6.45) is 0. The molecule has 0 atom stereocenters. The average molecular weight is 326 g/mol. The number of carbonyl (C=O) groups excluding carboxylic acids is 1. The van der Waals surface area contributed by atoms with Crippen LogP contribution in [0.2, 0.25) is 5.02 Å². The van der Waals surface area contributed by atoms with E-state index < -0.39 is 10.1 Å². The highest BCUT2D eigenvalue weighted by Gasteiger charge is 2.20. The predicted octanol–water partition coefficient (Wildman–Crippen LogP) is 3.07. The first-order valence-corrected chi connectivity index (χ1v) is 7.74. The summed E-state index contributed by atoms with van der Waals surface area (Å²) in [5.74, 6) is -0.0817. The molecule has 0 saturated carbocycles. The molecular formula is C14H12ClNO4S. The van der Waals surface area contributed by atoms with Crippen LogP contribution >= 0.6 is 11.6 Å². The Kier molecular flexibility index (Phi) is 4.50. The number of halogens is 1. The molecule has 1 amide bonds. The maximum atomic E-state index is 12.2. The smallest absolute Gasteiger partial charge is 0.340 e. The Hall–Kier alpha value is -2.05. The number of amides is 1. The predicted molar refractivity (Wildman–Crippen MR) is 80.0 cm³/mol. The number of rotatable bonds is 4. The fraction of sp³-hybridized carbons (Fsp3) is 0.0714. The molecule has 0 heterocycles. The average Bonchev–Trinajstić information content (AvgIpc) is 2.38. The number of carbonyl (C=O) groups is 1. The largest absolute Gasteiger partial charge is 0.379 e. The van der Waals surface area contributed by atoms with E-state index in [0.29, 0.717) is 5.69 Å². The third-order valence-electron chi connectivity index (χ3n) is 2.47. The number of hydrogen-bond donors (Lipinski definition) is 1. The molecule has 2 rings (SSSR count). The number of benzene rings is 2. The van der Waals surface area contributed by atoms with Gasteiger partial charge in [0.2, 0.25) is 5.91 Å². The molecule has 0 radical (unpaired) electrons. The SMILES string of the molecule is CC(=O)Nc1ccc(S(=O)(=O)Oc2ccccc2)c(Cl)c1. The van der Waals surface area contributed by atoms with E-state index in [1.165, 1.54) is 37.3 Å². The van der Waals surface area contributed by atoms with Gasteiger partial charge in [-0.15, -0.1) is 0 Å². The molecule has 5 nitrogen and oxygen atoms in total. The summed E-state index contributed by atoms with van der Waals surface area (Å²) in [5, 5.41) is 2.48. The molecule has 0 aliphatic carbocycles. The number of para-hydroxylation sites is 1. The van der Waals surface area contributed by atoms with Gasteiger partial charge in [-0.05, 0) is 30.3 Å². The lowest BCUT2D eigenvalue weighted by Crippen LogP contribution is -2.11. The van der Waals surface area contributed by atoms with Crippen LogP contribution in [0.4, 0.5) is 5.69 Å². The van der Waals surface area contributed by atoms with Gasteiger partial charge in [-0.25, -0.2) is 0 Å². The van der Waals surface area contributed by atoms with Crippen LogP contribution in [-0.4, -0.2) is 14.3 Å². The summed E-state index contributed by atoms with van der Waals surface area (Å²) >= 11 is 5.95. The van der Waals surface area contributed by atoms with Gasteiger partial charge in [0.05, 0.1) is 5.02 Å². The molecular weight excluding hydrogens is 314 g/mol. The fourth-order valence-electron chi connectivity index (χ4n) is 1.63. The minimum atomic E-state index is -4.03. The summed E-state index contributed by atoms with van der Waals surface area (Å²) in [6, 6.07) is 12.2. The molecule has 21 heavy (non-hydrogen) atoms. The minimum Gasteiger partial charge on any atom is -0.379 e. The third-order valence-corrected chi connectivity index (χ3v) is 4.20. The van der Waals surface area contributed by atoms with Gasteiger partial charge in [-0.1, -0.05) is 29.8 Å². The highest BCUT2D eigenvalue weighted by Crippen LogP contribution is 2.27. The maximum absolute atomic E-state index is 12.2. The van der Waals surface area contributed by atoms with Crippen molar-refractivity contribution in [1.29, 1.82) is 0 Å². The van der Waals surface area contributed by atoms with E-state index in [1.807, 2.05) is 0 Å². The van der Waals surface area contributed by atoms with Crippen LogP contribution in [0.25, 0.3) is 0 Å². The highest BCUT2D eigenvalue weighted by atomic mass is 35.5. The summed E-state index contributed by atoms with van der Waals surface area (Å²) < 4.78 is 29.3. The van der Waals surface area contributed by atoms with Gasteiger partial charge >= 0.3 is 10.1 Å². The lowest BCUT2D eigenvalue weighted by molar-refractivity contribution is -0.114. The molecule has 0 unspecified atom stereocenters. The molecule has 0 saturated heterocycles. The van der Waals surface area contributed by atoms with Crippen molar-refractivity contribution < 1.29 is 17.4 Å². The van der Waals surface area contributed by atoms with E-state index in [4.69, 9.17) is 15.8 Å². The summed E-state index contributed by atoms with van der Waals surface area (Å²) in [7, 11) is -4.03. The molecule has 2 aromatic rings. The standard InChI is InChI=1S/C14H12ClNO4S/c1-10(17)16-11-7-8-14(13(15)9-11)21(18,19)20-12-5-3-2-4-6-12/h2-9H,1H3,(H,16,17). The zero-order chi connectivity index (χ0) is 15.5. The van der Waals surface area contributed by atoms with Crippen molar-refractivity contribution in [3.63, 3.8) is 0 Å². The molecule has 110 valence electrons. The van der Waals surface area contributed by atoms with E-state index in [2.05, 4.69) is 5.32 Å². The van der Waals surface area contributed by atoms with E-state index in [1.54, 1.807) is 18.2 Å². The topological polar surface area (TPSA) is 72.5 Å². The fourth-order valence-corrected chi connectivity index (χ4v) is 3.08. The van der Waals surface area contributed by atoms with Gasteiger partial charge in [0.25, 0.3) is 0 Å². The second-order valence-electron chi connectivity index (χ2n) is 4.18. The van der Waals surface area contributed by atoms with Crippen LogP contribution in [0.15, 0.2) is 53.4 Å². The molecule has 2 aromatic carbocycles. The monoisotopic (exact) mass is 325 g/mol. The van der Waals surface area contributed by atoms with Crippen LogP contribution in [-0.2, 0) is 14.9 Å². The number of nitrogens with one attached hydrogen (secondary N) is 1.